The van der Waals surface area contributed by atoms with Crippen LogP contribution in [0.4, 0.5) is 0 Å². The van der Waals surface area contributed by atoms with E-state index in [2.05, 4.69) is 0 Å². The van der Waals surface area contributed by atoms with Crippen LogP contribution in [0.3, 0.4) is 0 Å². The molecule has 0 N–H and O–H groups in total. The Morgan fingerprint density at radius 2 is 0.788 bits per heavy atom. The second-order valence-corrected chi connectivity index (χ2v) is 14.4. The van der Waals surface area contributed by atoms with Crippen LogP contribution in [0.25, 0.3) is 21.8 Å². The number of nitrogens with zero attached hydrogens (tertiary/aromatic N) is 2. The van der Waals surface area contributed by atoms with Crippen molar-refractivity contribution in [3.63, 3.8) is 0 Å². The van der Waals surface area contributed by atoms with Gasteiger partial charge in [-0.15, -0.1) is 0 Å². The molecule has 0 fully saturated rings. The van der Waals surface area contributed by atoms with Gasteiger partial charge in [0.15, 0.2) is 23.0 Å². The zero-order valence-corrected chi connectivity index (χ0v) is 30.8. The van der Waals surface area contributed by atoms with Crippen molar-refractivity contribution in [3.8, 4) is 34.5 Å². The molecular formula is C34H34N2O14S2. The maximum absolute atomic E-state index is 12.9. The fourth-order valence-corrected chi connectivity index (χ4v) is 7.76. The third kappa shape index (κ3) is 6.30. The number of benzene rings is 4. The lowest BCUT2D eigenvalue weighted by molar-refractivity contribution is 0.327. The topological polar surface area (TPSA) is 194 Å². The van der Waals surface area contributed by atoms with Crippen LogP contribution in [0.2, 0.25) is 0 Å². The highest BCUT2D eigenvalue weighted by Gasteiger charge is 2.30. The van der Waals surface area contributed by atoms with E-state index in [1.807, 2.05) is 13.8 Å². The highest BCUT2D eigenvalue weighted by Crippen LogP contribution is 2.44. The molecule has 0 amide bonds. The summed E-state index contributed by atoms with van der Waals surface area (Å²) >= 11 is 0. The zero-order valence-electron chi connectivity index (χ0n) is 29.2. The fraction of sp³-hybridized carbons (Fsp3) is 0.235. The van der Waals surface area contributed by atoms with Gasteiger partial charge in [-0.05, 0) is 38.1 Å². The standard InChI is InChI=1S/2C17H17NO7S/c2*1-10-5-7-11(8-6-10)26(20,21)18-12-9-13(22-2)15(23-3)16(24-4)14(12)17(19)25-18/h2*5-9H,1-4H3. The maximum atomic E-state index is 12.9. The second-order valence-electron chi connectivity index (χ2n) is 10.9. The number of hydrogen-bond acceptors (Lipinski definition) is 14. The number of rotatable bonds is 10. The zero-order chi connectivity index (χ0) is 38.1. The van der Waals surface area contributed by atoms with Gasteiger partial charge in [-0.2, -0.15) is 16.8 Å². The molecule has 0 aliphatic carbocycles. The number of fused-ring (bicyclic) bond motifs is 2. The third-order valence-electron chi connectivity index (χ3n) is 7.83. The minimum Gasteiger partial charge on any atom is -0.493 e. The monoisotopic (exact) mass is 758 g/mol. The normalized spacial score (nSPS) is 11.5. The summed E-state index contributed by atoms with van der Waals surface area (Å²) < 4.78 is 94.4. The number of aromatic nitrogens is 2. The molecule has 0 saturated carbocycles. The molecule has 0 bridgehead atoms. The van der Waals surface area contributed by atoms with Crippen molar-refractivity contribution in [2.75, 3.05) is 42.7 Å². The fourth-order valence-electron chi connectivity index (χ4n) is 5.28. The van der Waals surface area contributed by atoms with Crippen LogP contribution in [0.15, 0.2) is 89.1 Å². The van der Waals surface area contributed by atoms with E-state index in [0.29, 0.717) is 8.29 Å². The highest BCUT2D eigenvalue weighted by molar-refractivity contribution is 7.90. The van der Waals surface area contributed by atoms with E-state index in [0.717, 1.165) is 11.1 Å². The lowest BCUT2D eigenvalue weighted by atomic mass is 10.2. The predicted molar refractivity (Wildman–Crippen MR) is 188 cm³/mol. The largest absolute Gasteiger partial charge is 0.493 e. The van der Waals surface area contributed by atoms with E-state index in [4.69, 9.17) is 37.5 Å². The van der Waals surface area contributed by atoms with Crippen molar-refractivity contribution in [2.24, 2.45) is 0 Å². The van der Waals surface area contributed by atoms with Gasteiger partial charge in [-0.25, -0.2) is 9.59 Å². The van der Waals surface area contributed by atoms with E-state index in [1.165, 1.54) is 79.1 Å². The van der Waals surface area contributed by atoms with Crippen LogP contribution >= 0.6 is 0 Å². The highest BCUT2D eigenvalue weighted by atomic mass is 32.2. The first-order chi connectivity index (χ1) is 24.7. The molecule has 0 atom stereocenters. The van der Waals surface area contributed by atoms with Crippen LogP contribution in [-0.4, -0.2) is 67.8 Å². The summed E-state index contributed by atoms with van der Waals surface area (Å²) in [5.41, 5.74) is 0.0452. The minimum atomic E-state index is -4.13. The van der Waals surface area contributed by atoms with Gasteiger partial charge in [-0.3, -0.25) is 0 Å². The molecule has 2 heterocycles. The number of aryl methyl sites for hydroxylation is 2. The minimum absolute atomic E-state index is 0.00919. The SMILES string of the molecule is COc1cc2c(c(OC)c1OC)c(=O)on2S(=O)(=O)c1ccc(C)cc1.COc1cc2c(c(OC)c1OC)c(=O)on2S(=O)(=O)c1ccc(C)cc1. The van der Waals surface area contributed by atoms with Crippen LogP contribution in [0.1, 0.15) is 11.1 Å². The summed E-state index contributed by atoms with van der Waals surface area (Å²) in [6.07, 6.45) is 0. The molecule has 0 saturated heterocycles. The Kier molecular flexibility index (Phi) is 10.3. The summed E-state index contributed by atoms with van der Waals surface area (Å²) in [4.78, 5) is 24.7. The molecule has 0 aliphatic rings. The molecule has 0 aliphatic heterocycles. The van der Waals surface area contributed by atoms with Crippen LogP contribution < -0.4 is 39.7 Å². The van der Waals surface area contributed by atoms with E-state index in [-0.39, 0.29) is 66.1 Å². The summed E-state index contributed by atoms with van der Waals surface area (Å²) in [7, 11) is -0.0517. The average molecular weight is 759 g/mol. The van der Waals surface area contributed by atoms with Gasteiger partial charge in [0.05, 0.1) is 52.4 Å². The molecule has 0 unspecified atom stereocenters. The van der Waals surface area contributed by atoms with Crippen LogP contribution in [0.5, 0.6) is 34.5 Å². The molecule has 4 aromatic carbocycles. The predicted octanol–water partition coefficient (Wildman–Crippen LogP) is 4.33. The molecule has 52 heavy (non-hydrogen) atoms. The summed E-state index contributed by atoms with van der Waals surface area (Å²) in [5, 5.41) is -0.110. The molecule has 276 valence electrons. The molecule has 6 aromatic rings. The van der Waals surface area contributed by atoms with E-state index >= 15 is 0 Å². The molecule has 16 nitrogen and oxygen atoms in total. The molecule has 18 heteroatoms. The van der Waals surface area contributed by atoms with Gasteiger partial charge in [0.2, 0.25) is 11.5 Å². The third-order valence-corrected chi connectivity index (χ3v) is 11.0. The first kappa shape index (κ1) is 37.4. The summed E-state index contributed by atoms with van der Waals surface area (Å²) in [6.45, 7) is 3.67. The Morgan fingerprint density at radius 3 is 1.06 bits per heavy atom. The quantitative estimate of drug-likeness (QED) is 0.192. The van der Waals surface area contributed by atoms with E-state index in [9.17, 15) is 26.4 Å². The average Bonchev–Trinajstić information content (AvgIpc) is 3.66. The van der Waals surface area contributed by atoms with Crippen LogP contribution in [-0.2, 0) is 20.0 Å². The lowest BCUT2D eigenvalue weighted by Gasteiger charge is -2.12. The number of hydrogen-bond donors (Lipinski definition) is 0. The van der Waals surface area contributed by atoms with Crippen molar-refractivity contribution in [1.82, 2.24) is 8.29 Å². The van der Waals surface area contributed by atoms with Gasteiger partial charge in [-0.1, -0.05) is 43.7 Å². The van der Waals surface area contributed by atoms with Crippen molar-refractivity contribution in [1.29, 1.82) is 0 Å². The maximum Gasteiger partial charge on any atom is 0.370 e. The van der Waals surface area contributed by atoms with E-state index in [1.54, 1.807) is 24.3 Å². The first-order valence-corrected chi connectivity index (χ1v) is 17.9. The van der Waals surface area contributed by atoms with Gasteiger partial charge in [0, 0.05) is 12.1 Å². The van der Waals surface area contributed by atoms with Gasteiger partial charge < -0.3 is 37.5 Å². The van der Waals surface area contributed by atoms with Crippen molar-refractivity contribution < 1.29 is 54.3 Å². The number of methoxy groups -OCH3 is 6. The Hall–Kier alpha value is -5.88. The lowest BCUT2D eigenvalue weighted by Crippen LogP contribution is -2.12. The van der Waals surface area contributed by atoms with E-state index < -0.39 is 31.3 Å². The van der Waals surface area contributed by atoms with Crippen molar-refractivity contribution >= 4 is 41.9 Å². The molecule has 2 aromatic heterocycles. The van der Waals surface area contributed by atoms with Gasteiger partial charge >= 0.3 is 11.3 Å². The molecule has 0 spiro atoms. The summed E-state index contributed by atoms with van der Waals surface area (Å²) in [6, 6.07) is 15.1. The summed E-state index contributed by atoms with van der Waals surface area (Å²) in [5.74, 6) is 0.804. The van der Waals surface area contributed by atoms with Gasteiger partial charge in [0.1, 0.15) is 21.8 Å². The van der Waals surface area contributed by atoms with Crippen LogP contribution in [0, 0.1) is 13.8 Å². The smallest absolute Gasteiger partial charge is 0.370 e. The first-order valence-electron chi connectivity index (χ1n) is 15.0. The Morgan fingerprint density at radius 1 is 0.481 bits per heavy atom. The molecular weight excluding hydrogens is 725 g/mol. The van der Waals surface area contributed by atoms with Crippen molar-refractivity contribution in [3.05, 3.63) is 92.6 Å². The Labute approximate surface area is 297 Å². The number of ether oxygens (including phenoxy) is 6. The van der Waals surface area contributed by atoms with Gasteiger partial charge in [0.25, 0.3) is 20.0 Å². The molecule has 6 rings (SSSR count). The second kappa shape index (κ2) is 14.4. The molecule has 0 radical (unpaired) electrons. The Balaban J connectivity index is 0.000000201. The Bertz CT molecular complexity index is 2430. The van der Waals surface area contributed by atoms with Crippen molar-refractivity contribution in [2.45, 2.75) is 23.6 Å².